The maximum absolute atomic E-state index is 14.2. The lowest BCUT2D eigenvalue weighted by molar-refractivity contribution is -0.384. The number of methoxy groups -OCH3 is 1. The molecule has 2 heterocycles. The van der Waals surface area contributed by atoms with Gasteiger partial charge in [-0.05, 0) is 49.9 Å². The van der Waals surface area contributed by atoms with Crippen LogP contribution in [0.25, 0.3) is 0 Å². The summed E-state index contributed by atoms with van der Waals surface area (Å²) in [4.78, 5) is 45.3. The molecule has 2 aliphatic heterocycles. The molecule has 3 unspecified atom stereocenters. The first-order valence-electron chi connectivity index (χ1n) is 15.8. The molecular formula is C37H41N3O6. The molecule has 0 bridgehead atoms. The Morgan fingerprint density at radius 3 is 2.26 bits per heavy atom. The maximum atomic E-state index is 14.2. The zero-order valence-corrected chi connectivity index (χ0v) is 26.8. The summed E-state index contributed by atoms with van der Waals surface area (Å²) in [5.41, 5.74) is 3.26. The van der Waals surface area contributed by atoms with Gasteiger partial charge in [-0.15, -0.1) is 0 Å². The number of likely N-dealkylation sites (tertiary alicyclic amines) is 1. The van der Waals surface area contributed by atoms with Gasteiger partial charge < -0.3 is 9.47 Å². The molecule has 46 heavy (non-hydrogen) atoms. The summed E-state index contributed by atoms with van der Waals surface area (Å²) in [5, 5.41) is 11.6. The van der Waals surface area contributed by atoms with Crippen molar-refractivity contribution in [3.05, 3.63) is 123 Å². The molecule has 3 aromatic carbocycles. The van der Waals surface area contributed by atoms with Crippen LogP contribution in [0.2, 0.25) is 0 Å². The molecule has 9 heteroatoms. The Bertz CT molecular complexity index is 1600. The smallest absolute Gasteiger partial charge is 0.337 e. The number of benzene rings is 3. The summed E-state index contributed by atoms with van der Waals surface area (Å²) in [6.07, 6.45) is 2.20. The minimum absolute atomic E-state index is 0.132. The van der Waals surface area contributed by atoms with E-state index in [1.807, 2.05) is 19.1 Å². The van der Waals surface area contributed by atoms with Gasteiger partial charge in [-0.3, -0.25) is 24.8 Å². The first-order valence-corrected chi connectivity index (χ1v) is 15.8. The molecule has 1 fully saturated rings. The number of carbonyl (C=O) groups excluding carboxylic acids is 2. The molecule has 5 rings (SSSR count). The van der Waals surface area contributed by atoms with Crippen molar-refractivity contribution in [2.45, 2.75) is 57.5 Å². The quantitative estimate of drug-likeness (QED) is 0.131. The molecule has 0 aliphatic carbocycles. The molecule has 0 spiro atoms. The van der Waals surface area contributed by atoms with E-state index in [0.29, 0.717) is 36.4 Å². The zero-order valence-electron chi connectivity index (χ0n) is 26.8. The van der Waals surface area contributed by atoms with Crippen LogP contribution in [0.15, 0.2) is 101 Å². The zero-order chi connectivity index (χ0) is 32.8. The molecule has 3 atom stereocenters. The fraction of sp³-hybridized carbons (Fsp3) is 0.378. The van der Waals surface area contributed by atoms with Crippen LogP contribution in [0, 0.1) is 16.0 Å². The van der Waals surface area contributed by atoms with Crippen LogP contribution in [0.1, 0.15) is 68.6 Å². The molecule has 9 nitrogen and oxygen atoms in total. The molecular weight excluding hydrogens is 582 g/mol. The Balaban J connectivity index is 1.38. The standard InChI is InChI=1S/C37H41N3O6/c1-5-37(20-22-39(24-37)21-19-31(27-13-8-6-9-14-27)28-15-10-7-11-16-28)46-36(42)33-26(3)38-25(2)32(35(41)45-4)34(33)29-17-12-18-30(23-29)40(43)44/h6-18,23,31-32,34H,5,19-22,24H2,1-4H3. The fourth-order valence-electron chi connectivity index (χ4n) is 6.95. The van der Waals surface area contributed by atoms with Crippen molar-refractivity contribution < 1.29 is 24.0 Å². The van der Waals surface area contributed by atoms with Gasteiger partial charge >= 0.3 is 11.9 Å². The number of ether oxygens (including phenoxy) is 2. The molecule has 0 amide bonds. The number of nitro benzene ring substituents is 1. The lowest BCUT2D eigenvalue weighted by Gasteiger charge is -2.34. The Hall–Kier alpha value is -4.63. The number of hydrogen-bond acceptors (Lipinski definition) is 8. The average molecular weight is 624 g/mol. The fourth-order valence-corrected chi connectivity index (χ4v) is 6.95. The second kappa shape index (κ2) is 14.2. The highest BCUT2D eigenvalue weighted by molar-refractivity contribution is 6.07. The average Bonchev–Trinajstić information content (AvgIpc) is 3.48. The van der Waals surface area contributed by atoms with Gasteiger partial charge in [-0.2, -0.15) is 0 Å². The molecule has 0 saturated carbocycles. The van der Waals surface area contributed by atoms with Gasteiger partial charge in [-0.1, -0.05) is 79.7 Å². The summed E-state index contributed by atoms with van der Waals surface area (Å²) in [6, 6.07) is 27.1. The third kappa shape index (κ3) is 6.94. The van der Waals surface area contributed by atoms with Gasteiger partial charge in [0, 0.05) is 54.9 Å². The van der Waals surface area contributed by atoms with Crippen LogP contribution in [0.5, 0.6) is 0 Å². The first-order chi connectivity index (χ1) is 22.2. The Morgan fingerprint density at radius 2 is 1.67 bits per heavy atom. The molecule has 1 saturated heterocycles. The number of rotatable bonds is 11. The second-order valence-corrected chi connectivity index (χ2v) is 12.2. The maximum Gasteiger partial charge on any atom is 0.337 e. The normalized spacial score (nSPS) is 21.6. The van der Waals surface area contributed by atoms with Gasteiger partial charge in [0.1, 0.15) is 11.5 Å². The Labute approximate surface area is 270 Å². The van der Waals surface area contributed by atoms with Crippen molar-refractivity contribution in [3.8, 4) is 0 Å². The number of aliphatic imine (C=N–C) groups is 1. The number of allylic oxidation sites excluding steroid dienone is 1. The predicted molar refractivity (Wildman–Crippen MR) is 177 cm³/mol. The second-order valence-electron chi connectivity index (χ2n) is 12.2. The van der Waals surface area contributed by atoms with E-state index in [1.165, 1.54) is 30.4 Å². The number of nitro groups is 1. The van der Waals surface area contributed by atoms with E-state index in [1.54, 1.807) is 26.0 Å². The van der Waals surface area contributed by atoms with Crippen molar-refractivity contribution in [3.63, 3.8) is 0 Å². The van der Waals surface area contributed by atoms with Crippen LogP contribution < -0.4 is 0 Å². The number of hydrogen-bond donors (Lipinski definition) is 0. The van der Waals surface area contributed by atoms with E-state index >= 15 is 0 Å². The third-order valence-corrected chi connectivity index (χ3v) is 9.43. The van der Waals surface area contributed by atoms with Crippen molar-refractivity contribution >= 4 is 23.3 Å². The molecule has 0 radical (unpaired) electrons. The van der Waals surface area contributed by atoms with Gasteiger partial charge in [0.25, 0.3) is 5.69 Å². The van der Waals surface area contributed by atoms with Crippen LogP contribution in [-0.2, 0) is 19.1 Å². The highest BCUT2D eigenvalue weighted by Gasteiger charge is 2.46. The largest absolute Gasteiger partial charge is 0.468 e. The van der Waals surface area contributed by atoms with E-state index in [9.17, 15) is 19.7 Å². The first kappa shape index (κ1) is 32.8. The number of non-ortho nitro benzene ring substituents is 1. The van der Waals surface area contributed by atoms with Gasteiger partial charge in [0.05, 0.1) is 17.6 Å². The SMILES string of the molecule is CCC1(OC(=O)C2=C(C)N=C(C)C(C(=O)OC)C2c2cccc([N+](=O)[O-])c2)CCN(CCC(c2ccccc2)c2ccccc2)C1. The van der Waals surface area contributed by atoms with Gasteiger partial charge in [0.2, 0.25) is 0 Å². The minimum Gasteiger partial charge on any atom is -0.468 e. The monoisotopic (exact) mass is 623 g/mol. The van der Waals surface area contributed by atoms with Gasteiger partial charge in [0.15, 0.2) is 0 Å². The summed E-state index contributed by atoms with van der Waals surface area (Å²) < 4.78 is 11.5. The topological polar surface area (TPSA) is 111 Å². The minimum atomic E-state index is -0.927. The number of esters is 2. The summed E-state index contributed by atoms with van der Waals surface area (Å²) >= 11 is 0. The lowest BCUT2D eigenvalue weighted by Crippen LogP contribution is -2.41. The molecule has 3 aromatic rings. The van der Waals surface area contributed by atoms with Crippen molar-refractivity contribution in [2.75, 3.05) is 26.7 Å². The van der Waals surface area contributed by atoms with Crippen LogP contribution in [-0.4, -0.2) is 59.8 Å². The Kier molecular flexibility index (Phi) is 10.1. The summed E-state index contributed by atoms with van der Waals surface area (Å²) in [7, 11) is 1.28. The van der Waals surface area contributed by atoms with Crippen LogP contribution in [0.3, 0.4) is 0 Å². The van der Waals surface area contributed by atoms with E-state index in [2.05, 4.69) is 58.4 Å². The van der Waals surface area contributed by atoms with Crippen LogP contribution in [0.4, 0.5) is 5.69 Å². The predicted octanol–water partition coefficient (Wildman–Crippen LogP) is 6.84. The summed E-state index contributed by atoms with van der Waals surface area (Å²) in [6.45, 7) is 7.64. The Morgan fingerprint density at radius 1 is 1.02 bits per heavy atom. The molecule has 0 N–H and O–H groups in total. The van der Waals surface area contributed by atoms with E-state index in [4.69, 9.17) is 9.47 Å². The lowest BCUT2D eigenvalue weighted by atomic mass is 9.75. The highest BCUT2D eigenvalue weighted by Crippen LogP contribution is 2.42. The molecule has 2 aliphatic rings. The van der Waals surface area contributed by atoms with Crippen molar-refractivity contribution in [1.29, 1.82) is 0 Å². The summed E-state index contributed by atoms with van der Waals surface area (Å²) in [5.74, 6) is -2.66. The molecule has 0 aromatic heterocycles. The van der Waals surface area contributed by atoms with Crippen molar-refractivity contribution in [2.24, 2.45) is 10.9 Å². The van der Waals surface area contributed by atoms with Crippen molar-refractivity contribution in [1.82, 2.24) is 4.90 Å². The third-order valence-electron chi connectivity index (χ3n) is 9.43. The van der Waals surface area contributed by atoms with E-state index < -0.39 is 34.3 Å². The highest BCUT2D eigenvalue weighted by atomic mass is 16.6. The van der Waals surface area contributed by atoms with Gasteiger partial charge in [-0.25, -0.2) is 4.79 Å². The molecule has 240 valence electrons. The number of nitrogens with zero attached hydrogens (tertiary/aromatic N) is 3. The van der Waals surface area contributed by atoms with E-state index in [-0.39, 0.29) is 17.2 Å². The number of carbonyl (C=O) groups is 2. The van der Waals surface area contributed by atoms with Crippen LogP contribution >= 0.6 is 0 Å². The van der Waals surface area contributed by atoms with E-state index in [0.717, 1.165) is 19.5 Å².